The lowest BCUT2D eigenvalue weighted by molar-refractivity contribution is -0.577. The normalized spacial score (nSPS) is 16.1. The monoisotopic (exact) mass is 820 g/mol. The molecule has 0 unspecified atom stereocenters. The molecular formula is C50H40F4N4O3. The van der Waals surface area contributed by atoms with Crippen LogP contribution in [0.25, 0.3) is 65.6 Å². The summed E-state index contributed by atoms with van der Waals surface area (Å²) >= 11 is 0. The van der Waals surface area contributed by atoms with E-state index in [9.17, 15) is 32.4 Å². The molecule has 61 heavy (non-hydrogen) atoms. The Morgan fingerprint density at radius 1 is 0.541 bits per heavy atom. The van der Waals surface area contributed by atoms with E-state index in [0.29, 0.717) is 16.6 Å². The molecule has 11 heteroatoms. The van der Waals surface area contributed by atoms with Crippen LogP contribution in [0.2, 0.25) is 0 Å². The highest BCUT2D eigenvalue weighted by Gasteiger charge is 2.37. The van der Waals surface area contributed by atoms with E-state index in [1.54, 1.807) is 30.5 Å². The maximum absolute atomic E-state index is 13.4. The van der Waals surface area contributed by atoms with Crippen LogP contribution in [0.1, 0.15) is 46.4 Å². The second kappa shape index (κ2) is 15.9. The summed E-state index contributed by atoms with van der Waals surface area (Å²) < 4.78 is 54.5. The van der Waals surface area contributed by atoms with Gasteiger partial charge in [-0.15, -0.1) is 0 Å². The minimum absolute atomic E-state index is 0.0702. The van der Waals surface area contributed by atoms with Gasteiger partial charge in [0.15, 0.2) is 6.20 Å². The van der Waals surface area contributed by atoms with Gasteiger partial charge >= 0.3 is 0 Å². The van der Waals surface area contributed by atoms with Gasteiger partial charge in [0, 0.05) is 92.1 Å². The van der Waals surface area contributed by atoms with E-state index in [4.69, 9.17) is 0 Å². The number of carbonyl (C=O) groups is 2. The Labute approximate surface area is 349 Å². The molecule has 2 saturated heterocycles. The second-order valence-corrected chi connectivity index (χ2v) is 15.8. The fraction of sp³-hybridized carbons (Fsp3) is 0.200. The molecule has 0 aliphatic carbocycles. The molecule has 2 amide bonds. The van der Waals surface area contributed by atoms with Crippen LogP contribution >= 0.6 is 0 Å². The lowest BCUT2D eigenvalue weighted by Gasteiger charge is -2.31. The van der Waals surface area contributed by atoms with Crippen LogP contribution in [0.4, 0.5) is 17.6 Å². The standard InChI is InChI=1S/C25H20F2N2O2.C25H20F2N2O/c26-25(27)10-13-28(14-11-25)24(30)20-6-8-22-17(16-20)3-1-5-21(22)18-7-9-23-19(15-18)4-2-12-29(23)31;26-25(27)10-13-29(14-11-25)24(30)20-6-8-22-17(16-20)3-1-5-21(22)18-7-9-23-19(15-18)4-2-12-28-23/h1-9,12,15-16H,10-11,13-14H2;1-9,12,15-16H,10-11,13-14H2. The second-order valence-electron chi connectivity index (χ2n) is 15.8. The number of alkyl halides is 4. The van der Waals surface area contributed by atoms with Crippen LogP contribution < -0.4 is 4.73 Å². The summed E-state index contributed by atoms with van der Waals surface area (Å²) in [5, 5.41) is 17.7. The van der Waals surface area contributed by atoms with Crippen LogP contribution in [0.5, 0.6) is 0 Å². The van der Waals surface area contributed by atoms with Crippen molar-refractivity contribution in [2.75, 3.05) is 26.2 Å². The number of likely N-dealkylation sites (tertiary alicyclic amines) is 2. The average Bonchev–Trinajstić information content (AvgIpc) is 3.28. The Balaban J connectivity index is 0.000000156. The van der Waals surface area contributed by atoms with E-state index < -0.39 is 11.8 Å². The zero-order chi connectivity index (χ0) is 42.3. The Morgan fingerprint density at radius 3 is 1.59 bits per heavy atom. The Kier molecular flexibility index (Phi) is 10.3. The molecule has 7 nitrogen and oxygen atoms in total. The minimum atomic E-state index is -2.68. The van der Waals surface area contributed by atoms with Gasteiger partial charge in [0.2, 0.25) is 5.52 Å². The first kappa shape index (κ1) is 39.6. The number of aromatic nitrogens is 2. The summed E-state index contributed by atoms with van der Waals surface area (Å²) in [6.45, 7) is 0.325. The van der Waals surface area contributed by atoms with Crippen molar-refractivity contribution in [2.24, 2.45) is 0 Å². The molecule has 0 N–H and O–H groups in total. The quantitative estimate of drug-likeness (QED) is 0.101. The van der Waals surface area contributed by atoms with Crippen molar-refractivity contribution in [3.05, 3.63) is 162 Å². The van der Waals surface area contributed by atoms with Gasteiger partial charge in [0.05, 0.1) is 5.52 Å². The summed E-state index contributed by atoms with van der Waals surface area (Å²) in [5.41, 5.74) is 6.72. The third-order valence-corrected chi connectivity index (χ3v) is 11.8. The highest BCUT2D eigenvalue weighted by molar-refractivity contribution is 6.05. The van der Waals surface area contributed by atoms with Crippen LogP contribution in [-0.4, -0.2) is 64.6 Å². The number of piperidine rings is 2. The fourth-order valence-corrected chi connectivity index (χ4v) is 8.38. The van der Waals surface area contributed by atoms with Gasteiger partial charge in [-0.3, -0.25) is 14.6 Å². The first-order chi connectivity index (χ1) is 29.4. The van der Waals surface area contributed by atoms with Crippen molar-refractivity contribution in [1.82, 2.24) is 14.8 Å². The number of fused-ring (bicyclic) bond motifs is 4. The number of nitrogens with zero attached hydrogens (tertiary/aromatic N) is 4. The maximum Gasteiger partial charge on any atom is 0.253 e. The Hall–Kier alpha value is -6.88. The van der Waals surface area contributed by atoms with Gasteiger partial charge in [0.1, 0.15) is 0 Å². The molecule has 10 rings (SSSR count). The molecular weight excluding hydrogens is 781 g/mol. The molecule has 306 valence electrons. The number of benzene rings is 6. The van der Waals surface area contributed by atoms with Crippen LogP contribution in [-0.2, 0) is 0 Å². The smallest absolute Gasteiger partial charge is 0.253 e. The molecule has 0 spiro atoms. The molecule has 6 aromatic carbocycles. The summed E-state index contributed by atoms with van der Waals surface area (Å²) in [4.78, 5) is 33.1. The van der Waals surface area contributed by atoms with E-state index in [0.717, 1.165) is 64.8 Å². The lowest BCUT2D eigenvalue weighted by atomic mass is 9.95. The lowest BCUT2D eigenvalue weighted by Crippen LogP contribution is -2.42. The number of hydrogen-bond acceptors (Lipinski definition) is 4. The van der Waals surface area contributed by atoms with Crippen LogP contribution in [0.15, 0.2) is 146 Å². The van der Waals surface area contributed by atoms with E-state index in [-0.39, 0.29) is 63.7 Å². The van der Waals surface area contributed by atoms with Crippen molar-refractivity contribution in [1.29, 1.82) is 0 Å². The first-order valence-corrected chi connectivity index (χ1v) is 20.3. The number of hydrogen-bond donors (Lipinski definition) is 0. The predicted molar refractivity (Wildman–Crippen MR) is 231 cm³/mol. The number of carbonyl (C=O) groups excluding carboxylic acids is 2. The van der Waals surface area contributed by atoms with Crippen molar-refractivity contribution in [3.63, 3.8) is 0 Å². The summed E-state index contributed by atoms with van der Waals surface area (Å²) in [7, 11) is 0. The number of pyridine rings is 2. The third kappa shape index (κ3) is 8.20. The van der Waals surface area contributed by atoms with Crippen molar-refractivity contribution < 1.29 is 31.9 Å². The van der Waals surface area contributed by atoms with Gasteiger partial charge in [-0.1, -0.05) is 60.7 Å². The molecule has 2 aliphatic heterocycles. The van der Waals surface area contributed by atoms with Gasteiger partial charge in [0.25, 0.3) is 23.7 Å². The highest BCUT2D eigenvalue weighted by atomic mass is 19.3. The predicted octanol–water partition coefficient (Wildman–Crippen LogP) is 11.1. The van der Waals surface area contributed by atoms with Crippen LogP contribution in [0.3, 0.4) is 0 Å². The molecule has 2 fully saturated rings. The zero-order valence-corrected chi connectivity index (χ0v) is 33.0. The van der Waals surface area contributed by atoms with E-state index in [1.807, 2.05) is 91.0 Å². The van der Waals surface area contributed by atoms with Gasteiger partial charge in [-0.05, 0) is 104 Å². The molecule has 0 bridgehead atoms. The maximum atomic E-state index is 13.4. The highest BCUT2D eigenvalue weighted by Crippen LogP contribution is 2.35. The molecule has 8 aromatic rings. The van der Waals surface area contributed by atoms with E-state index in [1.165, 1.54) is 16.0 Å². The van der Waals surface area contributed by atoms with Gasteiger partial charge < -0.3 is 15.0 Å². The molecule has 0 saturated carbocycles. The molecule has 0 radical (unpaired) electrons. The SMILES string of the molecule is O=C(c1ccc2c(-c3ccc4c(ccc[n+]4[O-])c3)cccc2c1)N1CCC(F)(F)CC1.O=C(c1ccc2c(-c3ccc4ncccc4c3)cccc2c1)N1CCC(F)(F)CC1. The summed E-state index contributed by atoms with van der Waals surface area (Å²) in [5.74, 6) is -5.74. The van der Waals surface area contributed by atoms with E-state index in [2.05, 4.69) is 23.2 Å². The molecule has 2 aromatic heterocycles. The van der Waals surface area contributed by atoms with E-state index >= 15 is 0 Å². The first-order valence-electron chi connectivity index (χ1n) is 20.3. The number of halogens is 4. The Bertz CT molecular complexity index is 2970. The average molecular weight is 821 g/mol. The Morgan fingerprint density at radius 2 is 1.03 bits per heavy atom. The molecule has 4 heterocycles. The van der Waals surface area contributed by atoms with Crippen molar-refractivity contribution >= 4 is 55.2 Å². The zero-order valence-electron chi connectivity index (χ0n) is 33.0. The van der Waals surface area contributed by atoms with Gasteiger partial charge in [-0.2, -0.15) is 4.73 Å². The number of amides is 2. The summed E-state index contributed by atoms with van der Waals surface area (Å²) in [6.07, 6.45) is 2.13. The molecule has 0 atom stereocenters. The van der Waals surface area contributed by atoms with Crippen molar-refractivity contribution in [3.8, 4) is 22.3 Å². The third-order valence-electron chi connectivity index (χ3n) is 11.8. The fourth-order valence-electron chi connectivity index (χ4n) is 8.38. The largest absolute Gasteiger partial charge is 0.618 e. The minimum Gasteiger partial charge on any atom is -0.618 e. The van der Waals surface area contributed by atoms with Crippen LogP contribution in [0, 0.1) is 5.21 Å². The van der Waals surface area contributed by atoms with Crippen molar-refractivity contribution in [2.45, 2.75) is 37.5 Å². The molecule has 2 aliphatic rings. The van der Waals surface area contributed by atoms with Gasteiger partial charge in [-0.25, -0.2) is 17.6 Å². The topological polar surface area (TPSA) is 80.4 Å². The summed E-state index contributed by atoms with van der Waals surface area (Å²) in [6, 6.07) is 42.4. The number of rotatable bonds is 4.